The Morgan fingerprint density at radius 2 is 1.95 bits per heavy atom. The van der Waals surface area contributed by atoms with E-state index < -0.39 is 23.9 Å². The minimum atomic E-state index is -1.27. The molecule has 0 aliphatic rings. The molecule has 0 aliphatic carbocycles. The number of furan rings is 1. The third-order valence-electron chi connectivity index (χ3n) is 2.54. The average molecular weight is 269 g/mol. The van der Waals surface area contributed by atoms with Gasteiger partial charge in [-0.1, -0.05) is 0 Å². The third kappa shape index (κ3) is 4.13. The Bertz CT molecular complexity index is 504. The normalized spacial score (nSPS) is 11.9. The van der Waals surface area contributed by atoms with Crippen LogP contribution in [0.4, 0.5) is 0 Å². The molecule has 104 valence electrons. The molecule has 0 saturated carbocycles. The van der Waals surface area contributed by atoms with Gasteiger partial charge in [-0.05, 0) is 26.3 Å². The monoisotopic (exact) mass is 269 g/mol. The second-order valence-corrected chi connectivity index (χ2v) is 4.12. The number of amides is 1. The molecule has 1 heterocycles. The van der Waals surface area contributed by atoms with Crippen LogP contribution in [0.25, 0.3) is 0 Å². The molecule has 0 spiro atoms. The fourth-order valence-electron chi connectivity index (χ4n) is 1.62. The summed E-state index contributed by atoms with van der Waals surface area (Å²) < 4.78 is 5.17. The van der Waals surface area contributed by atoms with Crippen molar-refractivity contribution < 1.29 is 29.0 Å². The molecule has 1 atom stereocenters. The Balaban J connectivity index is 2.74. The van der Waals surface area contributed by atoms with Crippen molar-refractivity contribution in [1.82, 2.24) is 5.32 Å². The van der Waals surface area contributed by atoms with Crippen LogP contribution in [-0.4, -0.2) is 34.1 Å². The Morgan fingerprint density at radius 1 is 1.32 bits per heavy atom. The third-order valence-corrected chi connectivity index (χ3v) is 2.54. The molecule has 3 N–H and O–H groups in total. The molecular weight excluding hydrogens is 254 g/mol. The van der Waals surface area contributed by atoms with Crippen LogP contribution in [0.15, 0.2) is 10.5 Å². The number of hydrogen-bond acceptors (Lipinski definition) is 4. The Kier molecular flexibility index (Phi) is 4.68. The molecule has 1 rings (SSSR count). The topological polar surface area (TPSA) is 117 Å². The highest BCUT2D eigenvalue weighted by atomic mass is 16.4. The van der Waals surface area contributed by atoms with Gasteiger partial charge < -0.3 is 19.9 Å². The lowest BCUT2D eigenvalue weighted by Gasteiger charge is -2.12. The predicted molar refractivity (Wildman–Crippen MR) is 63.9 cm³/mol. The zero-order valence-electron chi connectivity index (χ0n) is 10.6. The lowest BCUT2D eigenvalue weighted by Crippen LogP contribution is -2.41. The molecule has 0 bridgehead atoms. The van der Waals surface area contributed by atoms with E-state index in [1.165, 1.54) is 6.07 Å². The molecule has 0 radical (unpaired) electrons. The minimum absolute atomic E-state index is 0.174. The van der Waals surface area contributed by atoms with E-state index in [1.807, 2.05) is 0 Å². The van der Waals surface area contributed by atoms with Gasteiger partial charge in [-0.2, -0.15) is 0 Å². The van der Waals surface area contributed by atoms with Gasteiger partial charge in [0.05, 0.1) is 5.56 Å². The second-order valence-electron chi connectivity index (χ2n) is 4.12. The highest BCUT2D eigenvalue weighted by molar-refractivity contribution is 5.97. The smallest absolute Gasteiger partial charge is 0.326 e. The Labute approximate surface area is 109 Å². The molecule has 0 aliphatic heterocycles. The first kappa shape index (κ1) is 14.7. The van der Waals surface area contributed by atoms with Crippen LogP contribution in [0, 0.1) is 13.8 Å². The van der Waals surface area contributed by atoms with Crippen LogP contribution >= 0.6 is 0 Å². The molecule has 19 heavy (non-hydrogen) atoms. The molecular formula is C12H15NO6. The number of nitrogens with one attached hydrogen (secondary N) is 1. The van der Waals surface area contributed by atoms with Crippen molar-refractivity contribution in [2.45, 2.75) is 32.7 Å². The summed E-state index contributed by atoms with van der Waals surface area (Å²) in [6, 6.07) is 0.263. The number of rotatable bonds is 6. The number of carbonyl (C=O) groups is 3. The zero-order chi connectivity index (χ0) is 14.6. The largest absolute Gasteiger partial charge is 0.481 e. The highest BCUT2D eigenvalue weighted by Crippen LogP contribution is 2.14. The predicted octanol–water partition coefficient (Wildman–Crippen LogP) is 0.944. The van der Waals surface area contributed by atoms with Crippen LogP contribution < -0.4 is 5.32 Å². The first-order valence-electron chi connectivity index (χ1n) is 5.63. The van der Waals surface area contributed by atoms with Gasteiger partial charge in [0.1, 0.15) is 17.6 Å². The van der Waals surface area contributed by atoms with Crippen molar-refractivity contribution in [3.63, 3.8) is 0 Å². The Morgan fingerprint density at radius 3 is 2.37 bits per heavy atom. The summed E-state index contributed by atoms with van der Waals surface area (Å²) >= 11 is 0. The number of aryl methyl sites for hydroxylation is 2. The average Bonchev–Trinajstić information content (AvgIpc) is 2.62. The zero-order valence-corrected chi connectivity index (χ0v) is 10.6. The van der Waals surface area contributed by atoms with Gasteiger partial charge >= 0.3 is 11.9 Å². The summed E-state index contributed by atoms with van der Waals surface area (Å²) in [5.74, 6) is -2.05. The second kappa shape index (κ2) is 6.03. The molecule has 0 saturated heterocycles. The van der Waals surface area contributed by atoms with E-state index in [1.54, 1.807) is 13.8 Å². The van der Waals surface area contributed by atoms with E-state index in [9.17, 15) is 14.4 Å². The van der Waals surface area contributed by atoms with E-state index >= 15 is 0 Å². The van der Waals surface area contributed by atoms with Crippen molar-refractivity contribution in [2.24, 2.45) is 0 Å². The molecule has 1 amide bonds. The quantitative estimate of drug-likeness (QED) is 0.707. The lowest BCUT2D eigenvalue weighted by atomic mass is 10.1. The lowest BCUT2D eigenvalue weighted by molar-refractivity contribution is -0.140. The van der Waals surface area contributed by atoms with E-state index in [4.69, 9.17) is 14.6 Å². The first-order chi connectivity index (χ1) is 8.81. The van der Waals surface area contributed by atoms with Crippen LogP contribution in [0.2, 0.25) is 0 Å². The van der Waals surface area contributed by atoms with Gasteiger partial charge in [-0.3, -0.25) is 9.59 Å². The van der Waals surface area contributed by atoms with Gasteiger partial charge in [-0.15, -0.1) is 0 Å². The molecule has 1 aromatic rings. The number of carboxylic acid groups (broad SMARTS) is 2. The maximum atomic E-state index is 11.9. The van der Waals surface area contributed by atoms with E-state index in [2.05, 4.69) is 5.32 Å². The number of aliphatic carboxylic acids is 2. The van der Waals surface area contributed by atoms with Crippen molar-refractivity contribution in [2.75, 3.05) is 0 Å². The maximum Gasteiger partial charge on any atom is 0.326 e. The summed E-state index contributed by atoms with van der Waals surface area (Å²) in [6.45, 7) is 3.26. The van der Waals surface area contributed by atoms with Crippen molar-refractivity contribution in [3.8, 4) is 0 Å². The minimum Gasteiger partial charge on any atom is -0.481 e. The fourth-order valence-corrected chi connectivity index (χ4v) is 1.62. The van der Waals surface area contributed by atoms with Crippen LogP contribution in [-0.2, 0) is 9.59 Å². The van der Waals surface area contributed by atoms with Gasteiger partial charge in [0, 0.05) is 6.42 Å². The SMILES string of the molecule is Cc1cc(C(=O)N[C@H](CCC(=O)O)C(=O)O)c(C)o1. The number of carbonyl (C=O) groups excluding carboxylic acids is 1. The Hall–Kier alpha value is -2.31. The number of carboxylic acids is 2. The fraction of sp³-hybridized carbons (Fsp3) is 0.417. The van der Waals surface area contributed by atoms with Crippen LogP contribution in [0.5, 0.6) is 0 Å². The van der Waals surface area contributed by atoms with Crippen molar-refractivity contribution >= 4 is 17.8 Å². The van der Waals surface area contributed by atoms with Crippen LogP contribution in [0.1, 0.15) is 34.7 Å². The van der Waals surface area contributed by atoms with Gasteiger partial charge in [0.25, 0.3) is 5.91 Å². The summed E-state index contributed by atoms with van der Waals surface area (Å²) in [5.41, 5.74) is 0.249. The van der Waals surface area contributed by atoms with Crippen LogP contribution in [0.3, 0.4) is 0 Å². The van der Waals surface area contributed by atoms with Gasteiger partial charge in [0.15, 0.2) is 0 Å². The first-order valence-corrected chi connectivity index (χ1v) is 5.63. The summed E-state index contributed by atoms with van der Waals surface area (Å²) in [4.78, 5) is 33.2. The van der Waals surface area contributed by atoms with Gasteiger partial charge in [-0.25, -0.2) is 4.79 Å². The number of hydrogen-bond donors (Lipinski definition) is 3. The molecule has 7 nitrogen and oxygen atoms in total. The van der Waals surface area contributed by atoms with E-state index in [0.717, 1.165) is 0 Å². The molecule has 7 heteroatoms. The molecule has 0 unspecified atom stereocenters. The molecule has 1 aromatic heterocycles. The van der Waals surface area contributed by atoms with E-state index in [0.29, 0.717) is 11.5 Å². The summed E-state index contributed by atoms with van der Waals surface area (Å²) in [6.07, 6.45) is -0.507. The van der Waals surface area contributed by atoms with E-state index in [-0.39, 0.29) is 18.4 Å². The summed E-state index contributed by atoms with van der Waals surface area (Å²) in [7, 11) is 0. The standard InChI is InChI=1S/C12H15NO6/c1-6-5-8(7(2)19-6)11(16)13-9(12(17)18)3-4-10(14)15/h5,9H,3-4H2,1-2H3,(H,13,16)(H,14,15)(H,17,18)/t9-/m1/s1. The maximum absolute atomic E-state index is 11.9. The molecule has 0 aromatic carbocycles. The summed E-state index contributed by atoms with van der Waals surface area (Å²) in [5, 5.41) is 19.7. The molecule has 0 fully saturated rings. The van der Waals surface area contributed by atoms with Gasteiger partial charge in [0.2, 0.25) is 0 Å². The van der Waals surface area contributed by atoms with Crippen molar-refractivity contribution in [3.05, 3.63) is 23.2 Å². The van der Waals surface area contributed by atoms with Crippen molar-refractivity contribution in [1.29, 1.82) is 0 Å². The highest BCUT2D eigenvalue weighted by Gasteiger charge is 2.23.